The number of alkyl halides is 3. The number of fused-ring (bicyclic) bond motifs is 1. The minimum absolute atomic E-state index is 0.0527. The zero-order valence-corrected chi connectivity index (χ0v) is 10.5. The summed E-state index contributed by atoms with van der Waals surface area (Å²) in [5.41, 5.74) is 1.03. The van der Waals surface area contributed by atoms with Crippen LogP contribution in [0.1, 0.15) is 18.4 Å². The van der Waals surface area contributed by atoms with Gasteiger partial charge in [0, 0.05) is 18.4 Å². The molecule has 0 amide bonds. The van der Waals surface area contributed by atoms with Crippen molar-refractivity contribution >= 4 is 16.7 Å². The average molecular weight is 279 g/mol. The largest absolute Gasteiger partial charge is 0.389 e. The summed E-state index contributed by atoms with van der Waals surface area (Å²) < 4.78 is 36.1. The second kappa shape index (κ2) is 5.78. The Labute approximate surface area is 114 Å². The zero-order chi connectivity index (χ0) is 14.6. The number of para-hydroxylation sites is 1. The Morgan fingerprint density at radius 2 is 2.00 bits per heavy atom. The van der Waals surface area contributed by atoms with Crippen LogP contribution in [0.4, 0.5) is 19.0 Å². The smallest absolute Gasteiger partial charge is 0.369 e. The van der Waals surface area contributed by atoms with Crippen molar-refractivity contribution in [2.75, 3.05) is 11.9 Å². The molecule has 0 fully saturated rings. The van der Waals surface area contributed by atoms with Crippen molar-refractivity contribution in [3.8, 4) is 6.07 Å². The molecule has 0 aliphatic carbocycles. The summed E-state index contributed by atoms with van der Waals surface area (Å²) in [6, 6.07) is 10.9. The van der Waals surface area contributed by atoms with Crippen molar-refractivity contribution in [1.29, 1.82) is 5.26 Å². The first-order valence-corrected chi connectivity index (χ1v) is 6.10. The van der Waals surface area contributed by atoms with Crippen LogP contribution in [-0.2, 0) is 0 Å². The van der Waals surface area contributed by atoms with E-state index in [9.17, 15) is 13.2 Å². The number of pyridine rings is 1. The quantitative estimate of drug-likeness (QED) is 0.864. The molecule has 0 atom stereocenters. The molecule has 0 unspecified atom stereocenters. The number of hydrogen-bond donors (Lipinski definition) is 1. The second-order valence-corrected chi connectivity index (χ2v) is 4.33. The number of hydrogen-bond acceptors (Lipinski definition) is 3. The maximum atomic E-state index is 12.0. The fourth-order valence-corrected chi connectivity index (χ4v) is 1.83. The van der Waals surface area contributed by atoms with Crippen LogP contribution in [0.3, 0.4) is 0 Å². The predicted molar refractivity (Wildman–Crippen MR) is 70.2 cm³/mol. The SMILES string of the molecule is N#Cc1cc2ccccc2nc1NCCCC(F)(F)F. The van der Waals surface area contributed by atoms with Gasteiger partial charge in [-0.2, -0.15) is 18.4 Å². The van der Waals surface area contributed by atoms with Gasteiger partial charge < -0.3 is 5.32 Å². The standard InChI is InChI=1S/C14H12F3N3/c15-14(16,17)6-3-7-19-13-11(9-18)8-10-4-1-2-5-12(10)20-13/h1-2,4-5,8H,3,6-7H2,(H,19,20). The number of nitrogens with one attached hydrogen (secondary N) is 1. The molecule has 0 saturated carbocycles. The molecule has 0 spiro atoms. The van der Waals surface area contributed by atoms with Crippen molar-refractivity contribution in [3.05, 3.63) is 35.9 Å². The Bertz CT molecular complexity index is 644. The molecule has 1 N–H and O–H groups in total. The molecule has 2 rings (SSSR count). The first kappa shape index (κ1) is 14.1. The van der Waals surface area contributed by atoms with Crippen LogP contribution in [0.15, 0.2) is 30.3 Å². The van der Waals surface area contributed by atoms with Crippen LogP contribution in [0.25, 0.3) is 10.9 Å². The number of rotatable bonds is 4. The molecule has 1 aromatic carbocycles. The van der Waals surface area contributed by atoms with Crippen molar-refractivity contribution in [1.82, 2.24) is 4.98 Å². The summed E-state index contributed by atoms with van der Waals surface area (Å²) in [7, 11) is 0. The molecule has 2 aromatic rings. The summed E-state index contributed by atoms with van der Waals surface area (Å²) in [6.07, 6.45) is -5.06. The summed E-state index contributed by atoms with van der Waals surface area (Å²) >= 11 is 0. The zero-order valence-electron chi connectivity index (χ0n) is 10.5. The fraction of sp³-hybridized carbons (Fsp3) is 0.286. The Morgan fingerprint density at radius 1 is 1.25 bits per heavy atom. The van der Waals surface area contributed by atoms with E-state index in [0.717, 1.165) is 5.39 Å². The number of nitrogens with zero attached hydrogens (tertiary/aromatic N) is 2. The Balaban J connectivity index is 2.11. The van der Waals surface area contributed by atoms with E-state index in [1.165, 1.54) is 0 Å². The molecule has 0 bridgehead atoms. The Hall–Kier alpha value is -2.29. The van der Waals surface area contributed by atoms with Gasteiger partial charge in [0.1, 0.15) is 11.9 Å². The van der Waals surface area contributed by atoms with Gasteiger partial charge in [0.25, 0.3) is 0 Å². The molecule has 1 heterocycles. The number of halogens is 3. The van der Waals surface area contributed by atoms with Crippen LogP contribution >= 0.6 is 0 Å². The van der Waals surface area contributed by atoms with Crippen LogP contribution in [0.5, 0.6) is 0 Å². The van der Waals surface area contributed by atoms with Crippen LogP contribution in [-0.4, -0.2) is 17.7 Å². The van der Waals surface area contributed by atoms with Gasteiger partial charge in [-0.1, -0.05) is 18.2 Å². The van der Waals surface area contributed by atoms with Crippen LogP contribution in [0, 0.1) is 11.3 Å². The predicted octanol–water partition coefficient (Wildman–Crippen LogP) is 3.86. The third-order valence-electron chi connectivity index (χ3n) is 2.77. The van der Waals surface area contributed by atoms with Gasteiger partial charge in [-0.3, -0.25) is 0 Å². The van der Waals surface area contributed by atoms with E-state index in [2.05, 4.69) is 10.3 Å². The monoisotopic (exact) mass is 279 g/mol. The minimum atomic E-state index is -4.16. The van der Waals surface area contributed by atoms with Gasteiger partial charge in [0.05, 0.1) is 11.1 Å². The number of anilines is 1. The lowest BCUT2D eigenvalue weighted by atomic mass is 10.1. The molecule has 1 aromatic heterocycles. The highest BCUT2D eigenvalue weighted by atomic mass is 19.4. The summed E-state index contributed by atoms with van der Waals surface area (Å²) in [5, 5.41) is 12.7. The lowest BCUT2D eigenvalue weighted by molar-refractivity contribution is -0.134. The Morgan fingerprint density at radius 3 is 2.70 bits per heavy atom. The summed E-state index contributed by atoms with van der Waals surface area (Å²) in [5.74, 6) is 0.327. The first-order chi connectivity index (χ1) is 9.49. The van der Waals surface area contributed by atoms with Crippen molar-refractivity contribution in [3.63, 3.8) is 0 Å². The maximum Gasteiger partial charge on any atom is 0.389 e. The fourth-order valence-electron chi connectivity index (χ4n) is 1.83. The van der Waals surface area contributed by atoms with Gasteiger partial charge >= 0.3 is 6.18 Å². The first-order valence-electron chi connectivity index (χ1n) is 6.10. The van der Waals surface area contributed by atoms with E-state index >= 15 is 0 Å². The highest BCUT2D eigenvalue weighted by Crippen LogP contribution is 2.22. The number of aromatic nitrogens is 1. The lowest BCUT2D eigenvalue weighted by Crippen LogP contribution is -2.12. The molecule has 6 heteroatoms. The van der Waals surface area contributed by atoms with Crippen molar-refractivity contribution < 1.29 is 13.2 Å². The molecule has 0 radical (unpaired) electrons. The van der Waals surface area contributed by atoms with Gasteiger partial charge in [-0.15, -0.1) is 0 Å². The third kappa shape index (κ3) is 3.60. The molecule has 0 aliphatic rings. The lowest BCUT2D eigenvalue weighted by Gasteiger charge is -2.10. The van der Waals surface area contributed by atoms with E-state index in [1.54, 1.807) is 12.1 Å². The van der Waals surface area contributed by atoms with Crippen molar-refractivity contribution in [2.45, 2.75) is 19.0 Å². The van der Waals surface area contributed by atoms with E-state index in [-0.39, 0.29) is 13.0 Å². The normalized spacial score (nSPS) is 11.3. The summed E-state index contributed by atoms with van der Waals surface area (Å²) in [4.78, 5) is 4.27. The molecule has 20 heavy (non-hydrogen) atoms. The van der Waals surface area contributed by atoms with Gasteiger partial charge in [0.2, 0.25) is 0 Å². The van der Waals surface area contributed by atoms with Gasteiger partial charge in [-0.05, 0) is 18.6 Å². The minimum Gasteiger partial charge on any atom is -0.369 e. The molecule has 0 saturated heterocycles. The number of nitriles is 1. The molecular formula is C14H12F3N3. The number of benzene rings is 1. The molecule has 0 aliphatic heterocycles. The van der Waals surface area contributed by atoms with E-state index in [4.69, 9.17) is 5.26 Å². The van der Waals surface area contributed by atoms with Gasteiger partial charge in [-0.25, -0.2) is 4.98 Å². The highest BCUT2D eigenvalue weighted by Gasteiger charge is 2.25. The van der Waals surface area contributed by atoms with E-state index in [0.29, 0.717) is 16.9 Å². The Kier molecular flexibility index (Phi) is 4.08. The second-order valence-electron chi connectivity index (χ2n) is 4.33. The molecule has 104 valence electrons. The molecule has 3 nitrogen and oxygen atoms in total. The molecular weight excluding hydrogens is 267 g/mol. The van der Waals surface area contributed by atoms with Crippen LogP contribution < -0.4 is 5.32 Å². The van der Waals surface area contributed by atoms with Crippen molar-refractivity contribution in [2.24, 2.45) is 0 Å². The maximum absolute atomic E-state index is 12.0. The van der Waals surface area contributed by atoms with Crippen LogP contribution in [0.2, 0.25) is 0 Å². The van der Waals surface area contributed by atoms with E-state index in [1.807, 2.05) is 24.3 Å². The van der Waals surface area contributed by atoms with E-state index < -0.39 is 12.6 Å². The highest BCUT2D eigenvalue weighted by molar-refractivity contribution is 5.82. The third-order valence-corrected chi connectivity index (χ3v) is 2.77. The average Bonchev–Trinajstić information content (AvgIpc) is 2.41. The topological polar surface area (TPSA) is 48.7 Å². The van der Waals surface area contributed by atoms with Gasteiger partial charge in [0.15, 0.2) is 0 Å². The summed E-state index contributed by atoms with van der Waals surface area (Å²) in [6.45, 7) is 0.125.